The number of furan rings is 1. The molecule has 0 bridgehead atoms. The van der Waals surface area contributed by atoms with Gasteiger partial charge < -0.3 is 4.42 Å². The normalized spacial score (nSPS) is 10.6. The van der Waals surface area contributed by atoms with Gasteiger partial charge in [0, 0.05) is 5.39 Å². The van der Waals surface area contributed by atoms with Crippen LogP contribution in [0.3, 0.4) is 0 Å². The number of hydrogen-bond donors (Lipinski definition) is 0. The Bertz CT molecular complexity index is 597. The van der Waals surface area contributed by atoms with E-state index in [9.17, 15) is 4.79 Å². The van der Waals surface area contributed by atoms with Crippen molar-refractivity contribution < 1.29 is 9.21 Å². The minimum Gasteiger partial charge on any atom is -0.453 e. The number of benzene rings is 1. The maximum atomic E-state index is 12.1. The predicted molar refractivity (Wildman–Crippen MR) is 73.9 cm³/mol. The van der Waals surface area contributed by atoms with E-state index >= 15 is 0 Å². The highest BCUT2D eigenvalue weighted by Gasteiger charge is 2.10. The summed E-state index contributed by atoms with van der Waals surface area (Å²) in [6.45, 7) is 6.15. The fourth-order valence-corrected chi connectivity index (χ4v) is 1.99. The van der Waals surface area contributed by atoms with Gasteiger partial charge in [-0.2, -0.15) is 0 Å². The Morgan fingerprint density at radius 2 is 1.94 bits per heavy atom. The molecular weight excluding hydrogens is 224 g/mol. The summed E-state index contributed by atoms with van der Waals surface area (Å²) in [7, 11) is 0. The highest BCUT2D eigenvalue weighted by Crippen LogP contribution is 2.21. The van der Waals surface area contributed by atoms with Crippen LogP contribution in [-0.2, 0) is 0 Å². The SMILES string of the molecule is CCC(=CC(=O)c1cc2cc(C)ccc2o1)CC. The maximum Gasteiger partial charge on any atom is 0.220 e. The molecule has 2 nitrogen and oxygen atoms in total. The number of fused-ring (bicyclic) bond motifs is 1. The third-order valence-corrected chi connectivity index (χ3v) is 3.16. The second-order valence-corrected chi connectivity index (χ2v) is 4.53. The van der Waals surface area contributed by atoms with Crippen molar-refractivity contribution in [2.24, 2.45) is 0 Å². The molecule has 0 unspecified atom stereocenters. The lowest BCUT2D eigenvalue weighted by Crippen LogP contribution is -1.93. The van der Waals surface area contributed by atoms with Crippen molar-refractivity contribution in [1.29, 1.82) is 0 Å². The number of carbonyl (C=O) groups is 1. The number of rotatable bonds is 4. The Labute approximate surface area is 107 Å². The molecule has 2 heteroatoms. The summed E-state index contributed by atoms with van der Waals surface area (Å²) in [4.78, 5) is 12.1. The van der Waals surface area contributed by atoms with Gasteiger partial charge in [0.25, 0.3) is 0 Å². The molecule has 0 spiro atoms. The Kier molecular flexibility index (Phi) is 3.66. The molecule has 0 aliphatic rings. The number of hydrogen-bond acceptors (Lipinski definition) is 2. The van der Waals surface area contributed by atoms with Gasteiger partial charge in [-0.15, -0.1) is 0 Å². The van der Waals surface area contributed by atoms with E-state index in [-0.39, 0.29) is 5.78 Å². The second kappa shape index (κ2) is 5.21. The molecule has 0 saturated heterocycles. The van der Waals surface area contributed by atoms with Crippen molar-refractivity contribution in [3.05, 3.63) is 47.2 Å². The van der Waals surface area contributed by atoms with Crippen molar-refractivity contribution in [1.82, 2.24) is 0 Å². The first-order valence-corrected chi connectivity index (χ1v) is 6.38. The highest BCUT2D eigenvalue weighted by molar-refractivity contribution is 6.05. The first kappa shape index (κ1) is 12.6. The molecule has 0 N–H and O–H groups in total. The summed E-state index contributed by atoms with van der Waals surface area (Å²) < 4.78 is 5.58. The van der Waals surface area contributed by atoms with Crippen LogP contribution in [-0.4, -0.2) is 5.78 Å². The molecule has 1 aromatic carbocycles. The van der Waals surface area contributed by atoms with E-state index < -0.39 is 0 Å². The Morgan fingerprint density at radius 3 is 2.61 bits per heavy atom. The van der Waals surface area contributed by atoms with Gasteiger partial charge in [-0.3, -0.25) is 4.79 Å². The van der Waals surface area contributed by atoms with Crippen LogP contribution in [0.25, 0.3) is 11.0 Å². The first-order chi connectivity index (χ1) is 8.63. The predicted octanol–water partition coefficient (Wildman–Crippen LogP) is 4.67. The molecule has 94 valence electrons. The number of allylic oxidation sites excluding steroid dienone is 2. The van der Waals surface area contributed by atoms with Crippen LogP contribution in [0.4, 0.5) is 0 Å². The third-order valence-electron chi connectivity index (χ3n) is 3.16. The molecule has 0 radical (unpaired) electrons. The van der Waals surface area contributed by atoms with E-state index in [2.05, 4.69) is 13.8 Å². The van der Waals surface area contributed by atoms with Gasteiger partial charge in [0.1, 0.15) is 5.58 Å². The summed E-state index contributed by atoms with van der Waals surface area (Å²) >= 11 is 0. The summed E-state index contributed by atoms with van der Waals surface area (Å²) in [6, 6.07) is 7.75. The zero-order valence-corrected chi connectivity index (χ0v) is 11.1. The summed E-state index contributed by atoms with van der Waals surface area (Å²) in [5.41, 5.74) is 3.09. The summed E-state index contributed by atoms with van der Waals surface area (Å²) in [6.07, 6.45) is 3.51. The Balaban J connectivity index is 2.36. The fraction of sp³-hybridized carbons (Fsp3) is 0.312. The van der Waals surface area contributed by atoms with E-state index in [1.807, 2.05) is 31.2 Å². The maximum absolute atomic E-state index is 12.1. The van der Waals surface area contributed by atoms with Crippen LogP contribution in [0.2, 0.25) is 0 Å². The molecule has 2 rings (SSSR count). The van der Waals surface area contributed by atoms with Gasteiger partial charge in [0.2, 0.25) is 5.78 Å². The average molecular weight is 242 g/mol. The quantitative estimate of drug-likeness (QED) is 0.576. The number of ketones is 1. The van der Waals surface area contributed by atoms with Crippen molar-refractivity contribution >= 4 is 16.8 Å². The van der Waals surface area contributed by atoms with E-state index in [4.69, 9.17) is 4.42 Å². The first-order valence-electron chi connectivity index (χ1n) is 6.38. The van der Waals surface area contributed by atoms with Crippen molar-refractivity contribution in [3.63, 3.8) is 0 Å². The van der Waals surface area contributed by atoms with Crippen LogP contribution < -0.4 is 0 Å². The molecule has 2 aromatic rings. The number of aryl methyl sites for hydroxylation is 1. The molecule has 18 heavy (non-hydrogen) atoms. The van der Waals surface area contributed by atoms with Crippen LogP contribution in [0.1, 0.15) is 42.8 Å². The van der Waals surface area contributed by atoms with E-state index in [1.54, 1.807) is 6.08 Å². The van der Waals surface area contributed by atoms with Gasteiger partial charge in [-0.05, 0) is 44.0 Å². The van der Waals surface area contributed by atoms with Crippen LogP contribution in [0.15, 0.2) is 40.3 Å². The van der Waals surface area contributed by atoms with Gasteiger partial charge in [-0.25, -0.2) is 0 Å². The van der Waals surface area contributed by atoms with E-state index in [0.717, 1.165) is 29.4 Å². The smallest absolute Gasteiger partial charge is 0.220 e. The zero-order chi connectivity index (χ0) is 13.1. The van der Waals surface area contributed by atoms with Crippen LogP contribution in [0.5, 0.6) is 0 Å². The van der Waals surface area contributed by atoms with Crippen molar-refractivity contribution in [2.45, 2.75) is 33.6 Å². The van der Waals surface area contributed by atoms with Crippen LogP contribution >= 0.6 is 0 Å². The van der Waals surface area contributed by atoms with Crippen LogP contribution in [0, 0.1) is 6.92 Å². The van der Waals surface area contributed by atoms with Gasteiger partial charge >= 0.3 is 0 Å². The lowest BCUT2D eigenvalue weighted by molar-refractivity contribution is 0.102. The monoisotopic (exact) mass is 242 g/mol. The second-order valence-electron chi connectivity index (χ2n) is 4.53. The standard InChI is InChI=1S/C16H18O2/c1-4-12(5-2)9-14(17)16-10-13-8-11(3)6-7-15(13)18-16/h6-10H,4-5H2,1-3H3. The lowest BCUT2D eigenvalue weighted by atomic mass is 10.1. The summed E-state index contributed by atoms with van der Waals surface area (Å²) in [5, 5.41) is 0.987. The topological polar surface area (TPSA) is 30.2 Å². The summed E-state index contributed by atoms with van der Waals surface area (Å²) in [5.74, 6) is 0.387. The van der Waals surface area contributed by atoms with E-state index in [0.29, 0.717) is 5.76 Å². The molecule has 0 saturated carbocycles. The molecule has 1 aromatic heterocycles. The van der Waals surface area contributed by atoms with Crippen molar-refractivity contribution in [3.8, 4) is 0 Å². The van der Waals surface area contributed by atoms with Gasteiger partial charge in [0.05, 0.1) is 0 Å². The zero-order valence-electron chi connectivity index (χ0n) is 11.1. The van der Waals surface area contributed by atoms with Crippen molar-refractivity contribution in [2.75, 3.05) is 0 Å². The molecule has 0 aliphatic heterocycles. The van der Waals surface area contributed by atoms with Gasteiger partial charge in [0.15, 0.2) is 5.76 Å². The molecule has 0 fully saturated rings. The Hall–Kier alpha value is -1.83. The highest BCUT2D eigenvalue weighted by atomic mass is 16.3. The Morgan fingerprint density at radius 1 is 1.22 bits per heavy atom. The average Bonchev–Trinajstić information content (AvgIpc) is 2.78. The lowest BCUT2D eigenvalue weighted by Gasteiger charge is -1.97. The van der Waals surface area contributed by atoms with E-state index in [1.165, 1.54) is 5.56 Å². The minimum atomic E-state index is -0.0393. The molecular formula is C16H18O2. The van der Waals surface area contributed by atoms with Gasteiger partial charge in [-0.1, -0.05) is 31.1 Å². The molecule has 0 amide bonds. The minimum absolute atomic E-state index is 0.0393. The number of carbonyl (C=O) groups excluding carboxylic acids is 1. The third kappa shape index (κ3) is 2.53. The molecule has 0 aliphatic carbocycles. The molecule has 1 heterocycles. The molecule has 0 atom stereocenters. The largest absolute Gasteiger partial charge is 0.453 e. The fourth-order valence-electron chi connectivity index (χ4n) is 1.99.